The maximum atomic E-state index is 6.16. The Balaban J connectivity index is 0.00000256. The molecule has 30 heavy (non-hydrogen) atoms. The van der Waals surface area contributed by atoms with E-state index in [0.29, 0.717) is 19.3 Å². The standard InChI is InChI=1S/C22H31N5O2.HI/c1-3-23-22(27-11-12-28-21(16-27)18-14-25-26(2)15-18)24-13-17-7-4-5-10-20(17)29-19-8-6-9-19;/h4-5,7,10,14-15,19,21H,3,6,8-9,11-13,16H2,1-2H3,(H,23,24);1H. The summed E-state index contributed by atoms with van der Waals surface area (Å²) in [6.07, 6.45) is 7.86. The fraction of sp³-hybridized carbons (Fsp3) is 0.545. The lowest BCUT2D eigenvalue weighted by Crippen LogP contribution is -2.48. The average Bonchev–Trinajstić information content (AvgIpc) is 3.15. The molecule has 2 aliphatic rings. The van der Waals surface area contributed by atoms with E-state index in [1.54, 1.807) is 0 Å². The molecule has 1 N–H and O–H groups in total. The molecule has 1 unspecified atom stereocenters. The summed E-state index contributed by atoms with van der Waals surface area (Å²) < 4.78 is 14.0. The van der Waals surface area contributed by atoms with Crippen molar-refractivity contribution in [1.82, 2.24) is 20.0 Å². The number of nitrogens with zero attached hydrogens (tertiary/aromatic N) is 4. The molecule has 8 heteroatoms. The van der Waals surface area contributed by atoms with Gasteiger partial charge < -0.3 is 19.7 Å². The summed E-state index contributed by atoms with van der Waals surface area (Å²) in [5, 5.41) is 7.72. The van der Waals surface area contributed by atoms with E-state index in [1.165, 1.54) is 6.42 Å². The van der Waals surface area contributed by atoms with E-state index < -0.39 is 0 Å². The number of benzene rings is 1. The number of morpholine rings is 1. The van der Waals surface area contributed by atoms with Gasteiger partial charge in [-0.3, -0.25) is 4.68 Å². The van der Waals surface area contributed by atoms with Gasteiger partial charge in [0.25, 0.3) is 0 Å². The van der Waals surface area contributed by atoms with E-state index in [9.17, 15) is 0 Å². The second-order valence-electron chi connectivity index (χ2n) is 7.70. The fourth-order valence-corrected chi connectivity index (χ4v) is 3.65. The summed E-state index contributed by atoms with van der Waals surface area (Å²) in [7, 11) is 1.93. The molecule has 1 aliphatic heterocycles. The third-order valence-corrected chi connectivity index (χ3v) is 5.52. The van der Waals surface area contributed by atoms with E-state index >= 15 is 0 Å². The van der Waals surface area contributed by atoms with Gasteiger partial charge in [0.05, 0.1) is 32.0 Å². The van der Waals surface area contributed by atoms with Crippen LogP contribution in [0.2, 0.25) is 0 Å². The molecule has 2 aromatic rings. The van der Waals surface area contributed by atoms with Crippen LogP contribution in [0.3, 0.4) is 0 Å². The van der Waals surface area contributed by atoms with Gasteiger partial charge in [0.1, 0.15) is 11.9 Å². The second-order valence-corrected chi connectivity index (χ2v) is 7.70. The molecule has 2 fully saturated rings. The van der Waals surface area contributed by atoms with Crippen LogP contribution in [0, 0.1) is 0 Å². The Morgan fingerprint density at radius 2 is 2.17 bits per heavy atom. The van der Waals surface area contributed by atoms with Crippen LogP contribution >= 0.6 is 24.0 Å². The number of aliphatic imine (C=N–C) groups is 1. The van der Waals surface area contributed by atoms with Crippen LogP contribution in [-0.2, 0) is 18.3 Å². The first kappa shape index (κ1) is 22.9. The molecule has 0 bridgehead atoms. The third kappa shape index (κ3) is 5.66. The van der Waals surface area contributed by atoms with Gasteiger partial charge in [-0.2, -0.15) is 5.10 Å². The first-order valence-electron chi connectivity index (χ1n) is 10.6. The average molecular weight is 525 g/mol. The van der Waals surface area contributed by atoms with Crippen LogP contribution in [-0.4, -0.2) is 53.0 Å². The monoisotopic (exact) mass is 525 g/mol. The van der Waals surface area contributed by atoms with Crippen LogP contribution in [0.5, 0.6) is 5.75 Å². The predicted octanol–water partition coefficient (Wildman–Crippen LogP) is 3.51. The zero-order valence-electron chi connectivity index (χ0n) is 17.8. The maximum absolute atomic E-state index is 6.16. The van der Waals surface area contributed by atoms with Crippen LogP contribution in [0.15, 0.2) is 41.7 Å². The van der Waals surface area contributed by atoms with Gasteiger partial charge in [-0.05, 0) is 32.3 Å². The first-order valence-corrected chi connectivity index (χ1v) is 10.6. The van der Waals surface area contributed by atoms with Crippen molar-refractivity contribution in [3.63, 3.8) is 0 Å². The van der Waals surface area contributed by atoms with Gasteiger partial charge >= 0.3 is 0 Å². The maximum Gasteiger partial charge on any atom is 0.194 e. The van der Waals surface area contributed by atoms with E-state index in [1.807, 2.05) is 30.2 Å². The summed E-state index contributed by atoms with van der Waals surface area (Å²) in [5.41, 5.74) is 2.24. The highest BCUT2D eigenvalue weighted by Crippen LogP contribution is 2.28. The number of halogens is 1. The molecule has 0 spiro atoms. The number of aryl methyl sites for hydroxylation is 1. The smallest absolute Gasteiger partial charge is 0.194 e. The van der Waals surface area contributed by atoms with Crippen LogP contribution in [0.25, 0.3) is 0 Å². The van der Waals surface area contributed by atoms with Crippen molar-refractivity contribution in [3.8, 4) is 5.75 Å². The minimum absolute atomic E-state index is 0. The van der Waals surface area contributed by atoms with Crippen molar-refractivity contribution in [2.24, 2.45) is 12.0 Å². The van der Waals surface area contributed by atoms with Crippen molar-refractivity contribution in [3.05, 3.63) is 47.8 Å². The van der Waals surface area contributed by atoms with Crippen molar-refractivity contribution < 1.29 is 9.47 Å². The van der Waals surface area contributed by atoms with Gasteiger partial charge in [-0.25, -0.2) is 4.99 Å². The van der Waals surface area contributed by atoms with E-state index in [-0.39, 0.29) is 30.1 Å². The SMILES string of the molecule is CCNC(=NCc1ccccc1OC1CCC1)N1CCOC(c2cnn(C)c2)C1.I. The minimum atomic E-state index is 0. The highest BCUT2D eigenvalue weighted by Gasteiger charge is 2.25. The Morgan fingerprint density at radius 3 is 2.87 bits per heavy atom. The number of guanidine groups is 1. The van der Waals surface area contributed by atoms with Crippen LogP contribution in [0.4, 0.5) is 0 Å². The lowest BCUT2D eigenvalue weighted by Gasteiger charge is -2.35. The zero-order chi connectivity index (χ0) is 20.1. The molecule has 1 aliphatic carbocycles. The van der Waals surface area contributed by atoms with Crippen LogP contribution < -0.4 is 10.1 Å². The van der Waals surface area contributed by atoms with E-state index in [0.717, 1.165) is 55.3 Å². The Kier molecular flexibility index (Phi) is 8.38. The van der Waals surface area contributed by atoms with E-state index in [2.05, 4.69) is 40.4 Å². The number of hydrogen-bond acceptors (Lipinski definition) is 4. The number of aromatic nitrogens is 2. The quantitative estimate of drug-likeness (QED) is 0.356. The van der Waals surface area contributed by atoms with Crippen molar-refractivity contribution in [1.29, 1.82) is 0 Å². The van der Waals surface area contributed by atoms with Crippen molar-refractivity contribution in [2.45, 2.75) is 44.9 Å². The summed E-state index contributed by atoms with van der Waals surface area (Å²) in [5.74, 6) is 1.88. The Hall–Kier alpha value is -1.81. The van der Waals surface area contributed by atoms with Crippen LogP contribution in [0.1, 0.15) is 43.4 Å². The number of hydrogen-bond donors (Lipinski definition) is 1. The molecule has 164 valence electrons. The first-order chi connectivity index (χ1) is 14.2. The lowest BCUT2D eigenvalue weighted by atomic mass is 9.96. The molecule has 1 saturated heterocycles. The molecular formula is C22H32IN5O2. The number of ether oxygens (including phenoxy) is 2. The zero-order valence-corrected chi connectivity index (χ0v) is 20.1. The predicted molar refractivity (Wildman–Crippen MR) is 128 cm³/mol. The van der Waals surface area contributed by atoms with Gasteiger partial charge in [0.15, 0.2) is 5.96 Å². The third-order valence-electron chi connectivity index (χ3n) is 5.52. The summed E-state index contributed by atoms with van der Waals surface area (Å²) in [6, 6.07) is 8.26. The van der Waals surface area contributed by atoms with Gasteiger partial charge in [-0.15, -0.1) is 24.0 Å². The van der Waals surface area contributed by atoms with Gasteiger partial charge in [0, 0.05) is 37.5 Å². The van der Waals surface area contributed by atoms with Gasteiger partial charge in [0.2, 0.25) is 0 Å². The van der Waals surface area contributed by atoms with Gasteiger partial charge in [-0.1, -0.05) is 18.2 Å². The Labute approximate surface area is 195 Å². The summed E-state index contributed by atoms with van der Waals surface area (Å²) in [4.78, 5) is 7.21. The molecule has 1 aromatic heterocycles. The van der Waals surface area contributed by atoms with E-state index in [4.69, 9.17) is 14.5 Å². The number of para-hydroxylation sites is 1. The summed E-state index contributed by atoms with van der Waals surface area (Å²) in [6.45, 7) is 5.78. The van der Waals surface area contributed by atoms with Crippen molar-refractivity contribution >= 4 is 29.9 Å². The molecule has 1 saturated carbocycles. The molecule has 7 nitrogen and oxygen atoms in total. The molecule has 0 radical (unpaired) electrons. The summed E-state index contributed by atoms with van der Waals surface area (Å²) >= 11 is 0. The molecular weight excluding hydrogens is 493 g/mol. The molecule has 2 heterocycles. The topological polar surface area (TPSA) is 63.9 Å². The number of rotatable bonds is 6. The molecule has 4 rings (SSSR count). The molecule has 1 aromatic carbocycles. The normalized spacial score (nSPS) is 19.7. The Morgan fingerprint density at radius 1 is 1.33 bits per heavy atom. The second kappa shape index (κ2) is 11.0. The molecule has 0 amide bonds. The number of nitrogens with one attached hydrogen (secondary N) is 1. The fourth-order valence-electron chi connectivity index (χ4n) is 3.65. The molecule has 1 atom stereocenters. The lowest BCUT2D eigenvalue weighted by molar-refractivity contribution is -0.00805. The van der Waals surface area contributed by atoms with Crippen molar-refractivity contribution in [2.75, 3.05) is 26.2 Å². The highest BCUT2D eigenvalue weighted by atomic mass is 127. The Bertz CT molecular complexity index is 836. The minimum Gasteiger partial charge on any atom is -0.490 e. The largest absolute Gasteiger partial charge is 0.490 e. The highest BCUT2D eigenvalue weighted by molar-refractivity contribution is 14.0.